The van der Waals surface area contributed by atoms with Gasteiger partial charge in [0.05, 0.1) is 12.2 Å². The van der Waals surface area contributed by atoms with Gasteiger partial charge in [0.2, 0.25) is 5.91 Å². The second-order valence-electron chi connectivity index (χ2n) is 3.36. The van der Waals surface area contributed by atoms with Gasteiger partial charge in [-0.2, -0.15) is 0 Å². The van der Waals surface area contributed by atoms with Gasteiger partial charge in [0.15, 0.2) is 0 Å². The lowest BCUT2D eigenvalue weighted by Crippen LogP contribution is -2.33. The number of nitrogens with one attached hydrogen (secondary N) is 1. The molecule has 1 heterocycles. The van der Waals surface area contributed by atoms with Crippen LogP contribution < -0.4 is 5.32 Å². The van der Waals surface area contributed by atoms with Crippen LogP contribution in [-0.4, -0.2) is 24.1 Å². The number of methoxy groups -OCH3 is 1. The van der Waals surface area contributed by atoms with E-state index in [4.69, 9.17) is 4.74 Å². The molecule has 82 valence electrons. The van der Waals surface area contributed by atoms with E-state index in [9.17, 15) is 4.79 Å². The Labute approximate surface area is 89.7 Å². The number of aryl methyl sites for hydroxylation is 1. The Morgan fingerprint density at radius 2 is 2.40 bits per heavy atom. The molecule has 0 radical (unpaired) electrons. The standard InChI is InChI=1S/C11H16N2O2/c1-8-5-4-6-12-10(8)7-13-11(14)9(2)15-3/h4-6,9H,7H2,1-3H3,(H,13,14). The minimum absolute atomic E-state index is 0.123. The van der Waals surface area contributed by atoms with E-state index in [1.165, 1.54) is 7.11 Å². The number of hydrogen-bond donors (Lipinski definition) is 1. The molecule has 0 aliphatic rings. The molecule has 1 atom stereocenters. The minimum atomic E-state index is -0.422. The lowest BCUT2D eigenvalue weighted by atomic mass is 10.2. The predicted molar refractivity (Wildman–Crippen MR) is 57.3 cm³/mol. The fraction of sp³-hybridized carbons (Fsp3) is 0.455. The van der Waals surface area contributed by atoms with Gasteiger partial charge in [0.25, 0.3) is 0 Å². The van der Waals surface area contributed by atoms with Crippen LogP contribution in [-0.2, 0) is 16.1 Å². The number of amides is 1. The zero-order valence-corrected chi connectivity index (χ0v) is 9.28. The number of pyridine rings is 1. The normalized spacial score (nSPS) is 12.2. The lowest BCUT2D eigenvalue weighted by Gasteiger charge is -2.10. The molecule has 4 heteroatoms. The predicted octanol–water partition coefficient (Wildman–Crippen LogP) is 1.04. The highest BCUT2D eigenvalue weighted by molar-refractivity contribution is 5.80. The van der Waals surface area contributed by atoms with Crippen molar-refractivity contribution in [2.24, 2.45) is 0 Å². The second kappa shape index (κ2) is 5.46. The molecule has 0 saturated carbocycles. The Morgan fingerprint density at radius 1 is 1.67 bits per heavy atom. The molecule has 0 bridgehead atoms. The summed E-state index contributed by atoms with van der Waals surface area (Å²) in [4.78, 5) is 15.6. The molecule has 1 unspecified atom stereocenters. The van der Waals surface area contributed by atoms with Crippen LogP contribution in [0.1, 0.15) is 18.2 Å². The molecule has 1 amide bonds. The third-order valence-electron chi connectivity index (χ3n) is 2.27. The van der Waals surface area contributed by atoms with E-state index in [1.807, 2.05) is 19.1 Å². The van der Waals surface area contributed by atoms with Crippen LogP contribution in [0.15, 0.2) is 18.3 Å². The van der Waals surface area contributed by atoms with Gasteiger partial charge in [-0.15, -0.1) is 0 Å². The van der Waals surface area contributed by atoms with Crippen LogP contribution in [0.25, 0.3) is 0 Å². The molecule has 4 nitrogen and oxygen atoms in total. The monoisotopic (exact) mass is 208 g/mol. The number of aromatic nitrogens is 1. The molecule has 15 heavy (non-hydrogen) atoms. The first-order valence-electron chi connectivity index (χ1n) is 4.86. The van der Waals surface area contributed by atoms with Crippen LogP contribution in [0.3, 0.4) is 0 Å². The number of ether oxygens (including phenoxy) is 1. The lowest BCUT2D eigenvalue weighted by molar-refractivity contribution is -0.130. The zero-order valence-electron chi connectivity index (χ0n) is 9.28. The molecular weight excluding hydrogens is 192 g/mol. The van der Waals surface area contributed by atoms with Gasteiger partial charge in [-0.25, -0.2) is 0 Å². The Hall–Kier alpha value is -1.42. The van der Waals surface area contributed by atoms with Crippen molar-refractivity contribution in [2.75, 3.05) is 7.11 Å². The highest BCUT2D eigenvalue weighted by atomic mass is 16.5. The summed E-state index contributed by atoms with van der Waals surface area (Å²) in [7, 11) is 1.51. The topological polar surface area (TPSA) is 51.2 Å². The highest BCUT2D eigenvalue weighted by Crippen LogP contribution is 2.02. The Bertz CT molecular complexity index is 339. The van der Waals surface area contributed by atoms with Crippen molar-refractivity contribution in [1.29, 1.82) is 0 Å². The summed E-state index contributed by atoms with van der Waals surface area (Å²) < 4.78 is 4.90. The first kappa shape index (κ1) is 11.7. The Balaban J connectivity index is 2.51. The van der Waals surface area contributed by atoms with Crippen molar-refractivity contribution in [3.8, 4) is 0 Å². The summed E-state index contributed by atoms with van der Waals surface area (Å²) in [5.74, 6) is -0.123. The fourth-order valence-electron chi connectivity index (χ4n) is 1.13. The Kier molecular flexibility index (Phi) is 4.24. The van der Waals surface area contributed by atoms with E-state index in [0.29, 0.717) is 6.54 Å². The van der Waals surface area contributed by atoms with Crippen molar-refractivity contribution in [2.45, 2.75) is 26.5 Å². The van der Waals surface area contributed by atoms with E-state index >= 15 is 0 Å². The quantitative estimate of drug-likeness (QED) is 0.804. The summed E-state index contributed by atoms with van der Waals surface area (Å²) in [6.45, 7) is 4.12. The SMILES string of the molecule is COC(C)C(=O)NCc1ncccc1C. The van der Waals surface area contributed by atoms with Gasteiger partial charge in [-0.3, -0.25) is 9.78 Å². The highest BCUT2D eigenvalue weighted by Gasteiger charge is 2.11. The smallest absolute Gasteiger partial charge is 0.249 e. The molecule has 1 aromatic heterocycles. The first-order chi connectivity index (χ1) is 7.15. The third kappa shape index (κ3) is 3.32. The van der Waals surface area contributed by atoms with Crippen LogP contribution in [0, 0.1) is 6.92 Å². The maximum Gasteiger partial charge on any atom is 0.249 e. The van der Waals surface area contributed by atoms with Crippen molar-refractivity contribution >= 4 is 5.91 Å². The molecule has 0 spiro atoms. The number of carbonyl (C=O) groups excluding carboxylic acids is 1. The fourth-order valence-corrected chi connectivity index (χ4v) is 1.13. The van der Waals surface area contributed by atoms with Crippen LogP contribution in [0.4, 0.5) is 0 Å². The van der Waals surface area contributed by atoms with Crippen LogP contribution in [0.5, 0.6) is 0 Å². The van der Waals surface area contributed by atoms with Gasteiger partial charge in [-0.05, 0) is 25.5 Å². The minimum Gasteiger partial charge on any atom is -0.372 e. The summed E-state index contributed by atoms with van der Waals surface area (Å²) in [5, 5.41) is 2.76. The van der Waals surface area contributed by atoms with E-state index in [2.05, 4.69) is 10.3 Å². The number of nitrogens with zero attached hydrogens (tertiary/aromatic N) is 1. The van der Waals surface area contributed by atoms with Gasteiger partial charge in [0.1, 0.15) is 6.10 Å². The number of rotatable bonds is 4. The maximum atomic E-state index is 11.4. The molecule has 0 aliphatic heterocycles. The molecule has 0 aliphatic carbocycles. The van der Waals surface area contributed by atoms with Crippen LogP contribution in [0.2, 0.25) is 0 Å². The van der Waals surface area contributed by atoms with Crippen molar-refractivity contribution in [1.82, 2.24) is 10.3 Å². The van der Waals surface area contributed by atoms with Gasteiger partial charge in [-0.1, -0.05) is 6.07 Å². The molecule has 0 fully saturated rings. The third-order valence-corrected chi connectivity index (χ3v) is 2.27. The summed E-state index contributed by atoms with van der Waals surface area (Å²) >= 11 is 0. The van der Waals surface area contributed by atoms with Gasteiger partial charge in [0, 0.05) is 13.3 Å². The van der Waals surface area contributed by atoms with Crippen molar-refractivity contribution in [3.05, 3.63) is 29.6 Å². The molecule has 0 aromatic carbocycles. The average molecular weight is 208 g/mol. The summed E-state index contributed by atoms with van der Waals surface area (Å²) in [5.41, 5.74) is 1.96. The van der Waals surface area contributed by atoms with E-state index in [0.717, 1.165) is 11.3 Å². The van der Waals surface area contributed by atoms with E-state index < -0.39 is 6.10 Å². The van der Waals surface area contributed by atoms with E-state index in [1.54, 1.807) is 13.1 Å². The molecule has 1 rings (SSSR count). The summed E-state index contributed by atoms with van der Waals surface area (Å²) in [6.07, 6.45) is 1.29. The Morgan fingerprint density at radius 3 is 3.00 bits per heavy atom. The number of hydrogen-bond acceptors (Lipinski definition) is 3. The second-order valence-corrected chi connectivity index (χ2v) is 3.36. The van der Waals surface area contributed by atoms with Gasteiger partial charge >= 0.3 is 0 Å². The summed E-state index contributed by atoms with van der Waals surface area (Å²) in [6, 6.07) is 3.84. The molecule has 1 N–H and O–H groups in total. The molecular formula is C11H16N2O2. The average Bonchev–Trinajstić information content (AvgIpc) is 2.26. The van der Waals surface area contributed by atoms with Crippen molar-refractivity contribution in [3.63, 3.8) is 0 Å². The van der Waals surface area contributed by atoms with Crippen molar-refractivity contribution < 1.29 is 9.53 Å². The van der Waals surface area contributed by atoms with Crippen LogP contribution >= 0.6 is 0 Å². The van der Waals surface area contributed by atoms with E-state index in [-0.39, 0.29) is 5.91 Å². The first-order valence-corrected chi connectivity index (χ1v) is 4.86. The largest absolute Gasteiger partial charge is 0.372 e. The molecule has 0 saturated heterocycles. The molecule has 1 aromatic rings. The number of carbonyl (C=O) groups is 1. The maximum absolute atomic E-state index is 11.4. The zero-order chi connectivity index (χ0) is 11.3. The van der Waals surface area contributed by atoms with Gasteiger partial charge < -0.3 is 10.1 Å².